The lowest BCUT2D eigenvalue weighted by molar-refractivity contribution is -0.140. The van der Waals surface area contributed by atoms with Crippen LogP contribution < -0.4 is 5.32 Å². The third kappa shape index (κ3) is 2.43. The summed E-state index contributed by atoms with van der Waals surface area (Å²) in [5.41, 5.74) is 1.86. The molecule has 2 rings (SSSR count). The number of aliphatic hydroxyl groups excluding tert-OH is 1. The number of aliphatic carboxylic acids is 1. The van der Waals surface area contributed by atoms with Gasteiger partial charge in [-0.3, -0.25) is 4.79 Å². The minimum Gasteiger partial charge on any atom is -0.480 e. The smallest absolute Gasteiger partial charge is 0.328 e. The molecule has 1 amide bonds. The summed E-state index contributed by atoms with van der Waals surface area (Å²) in [6.45, 7) is 1.09. The quantitative estimate of drug-likeness (QED) is 0.649. The van der Waals surface area contributed by atoms with Crippen molar-refractivity contribution in [3.8, 4) is 0 Å². The van der Waals surface area contributed by atoms with E-state index in [0.717, 1.165) is 10.9 Å². The number of para-hydroxylation sites is 1. The van der Waals surface area contributed by atoms with Crippen molar-refractivity contribution in [3.05, 3.63) is 35.5 Å². The highest BCUT2D eigenvalue weighted by Crippen LogP contribution is 2.21. The average molecular weight is 262 g/mol. The molecule has 0 fully saturated rings. The summed E-state index contributed by atoms with van der Waals surface area (Å²) in [7, 11) is 0. The van der Waals surface area contributed by atoms with Crippen LogP contribution in [0.15, 0.2) is 24.3 Å². The first-order chi connectivity index (χ1) is 9.04. The Morgan fingerprint density at radius 1 is 1.37 bits per heavy atom. The van der Waals surface area contributed by atoms with Gasteiger partial charge in [0.25, 0.3) is 5.91 Å². The molecule has 1 aromatic heterocycles. The van der Waals surface area contributed by atoms with Gasteiger partial charge in [-0.2, -0.15) is 0 Å². The van der Waals surface area contributed by atoms with Crippen molar-refractivity contribution >= 4 is 22.8 Å². The van der Waals surface area contributed by atoms with Gasteiger partial charge in [-0.25, -0.2) is 4.79 Å². The van der Waals surface area contributed by atoms with Crippen LogP contribution in [0.5, 0.6) is 0 Å². The molecule has 1 heterocycles. The van der Waals surface area contributed by atoms with Crippen molar-refractivity contribution < 1.29 is 19.8 Å². The summed E-state index contributed by atoms with van der Waals surface area (Å²) in [5.74, 6) is -1.79. The van der Waals surface area contributed by atoms with Crippen molar-refractivity contribution in [3.63, 3.8) is 0 Å². The Morgan fingerprint density at radius 3 is 2.68 bits per heavy atom. The van der Waals surface area contributed by atoms with E-state index in [-0.39, 0.29) is 0 Å². The molecule has 19 heavy (non-hydrogen) atoms. The number of carbonyl (C=O) groups is 2. The fourth-order valence-electron chi connectivity index (χ4n) is 1.99. The Hall–Kier alpha value is -2.34. The van der Waals surface area contributed by atoms with Gasteiger partial charge in [0.15, 0.2) is 6.04 Å². The number of H-pyrrole nitrogens is 1. The molecule has 2 aromatic rings. The summed E-state index contributed by atoms with van der Waals surface area (Å²) < 4.78 is 0. The number of benzene rings is 1. The lowest BCUT2D eigenvalue weighted by atomic mass is 10.1. The topological polar surface area (TPSA) is 102 Å². The van der Waals surface area contributed by atoms with E-state index < -0.39 is 24.5 Å². The van der Waals surface area contributed by atoms with Crippen molar-refractivity contribution in [2.45, 2.75) is 13.0 Å². The number of carboxylic acids is 1. The molecular formula is C13H14N2O4. The molecular weight excluding hydrogens is 248 g/mol. The number of aryl methyl sites for hydroxylation is 1. The molecule has 100 valence electrons. The SMILES string of the molecule is Cc1[nH]c2ccccc2c1C(=O)N[C@@H](CO)C(=O)O. The van der Waals surface area contributed by atoms with Crippen LogP contribution in [0.4, 0.5) is 0 Å². The highest BCUT2D eigenvalue weighted by atomic mass is 16.4. The van der Waals surface area contributed by atoms with E-state index in [1.165, 1.54) is 0 Å². The van der Waals surface area contributed by atoms with Crippen LogP contribution in [0.1, 0.15) is 16.1 Å². The summed E-state index contributed by atoms with van der Waals surface area (Å²) in [6, 6.07) is 5.95. The second-order valence-corrected chi connectivity index (χ2v) is 4.22. The highest BCUT2D eigenvalue weighted by Gasteiger charge is 2.22. The number of aliphatic hydroxyl groups is 1. The summed E-state index contributed by atoms with van der Waals surface area (Å²) in [4.78, 5) is 26.0. The molecule has 0 unspecified atom stereocenters. The predicted octanol–water partition coefficient (Wildman–Crippen LogP) is 0.652. The molecule has 0 saturated carbocycles. The molecule has 1 aromatic carbocycles. The number of nitrogens with one attached hydrogen (secondary N) is 2. The van der Waals surface area contributed by atoms with Crippen LogP contribution in [0.3, 0.4) is 0 Å². The fraction of sp³-hybridized carbons (Fsp3) is 0.231. The van der Waals surface area contributed by atoms with Gasteiger partial charge in [0.2, 0.25) is 0 Å². The lowest BCUT2D eigenvalue weighted by Crippen LogP contribution is -2.43. The summed E-state index contributed by atoms with van der Waals surface area (Å²) >= 11 is 0. The van der Waals surface area contributed by atoms with Crippen molar-refractivity contribution in [1.29, 1.82) is 0 Å². The lowest BCUT2D eigenvalue weighted by Gasteiger charge is -2.11. The molecule has 0 aliphatic rings. The number of carbonyl (C=O) groups excluding carboxylic acids is 1. The van der Waals surface area contributed by atoms with E-state index >= 15 is 0 Å². The second-order valence-electron chi connectivity index (χ2n) is 4.22. The van der Waals surface area contributed by atoms with E-state index in [2.05, 4.69) is 10.3 Å². The highest BCUT2D eigenvalue weighted by molar-refractivity contribution is 6.08. The minimum atomic E-state index is -1.31. The third-order valence-corrected chi connectivity index (χ3v) is 2.91. The first-order valence-corrected chi connectivity index (χ1v) is 5.76. The number of carboxylic acid groups (broad SMARTS) is 1. The Bertz CT molecular complexity index is 633. The Morgan fingerprint density at radius 2 is 2.05 bits per heavy atom. The number of aromatic amines is 1. The molecule has 6 heteroatoms. The maximum Gasteiger partial charge on any atom is 0.328 e. The van der Waals surface area contributed by atoms with E-state index in [1.54, 1.807) is 19.1 Å². The molecule has 0 aliphatic heterocycles. The van der Waals surface area contributed by atoms with Crippen molar-refractivity contribution in [2.24, 2.45) is 0 Å². The van der Waals surface area contributed by atoms with Crippen molar-refractivity contribution in [2.75, 3.05) is 6.61 Å². The molecule has 1 atom stereocenters. The van der Waals surface area contributed by atoms with Crippen LogP contribution >= 0.6 is 0 Å². The van der Waals surface area contributed by atoms with E-state index in [1.807, 2.05) is 12.1 Å². The van der Waals surface area contributed by atoms with E-state index in [4.69, 9.17) is 10.2 Å². The maximum absolute atomic E-state index is 12.1. The van der Waals surface area contributed by atoms with Crippen LogP contribution in [0, 0.1) is 6.92 Å². The first-order valence-electron chi connectivity index (χ1n) is 5.76. The summed E-state index contributed by atoms with van der Waals surface area (Å²) in [5, 5.41) is 20.8. The van der Waals surface area contributed by atoms with Gasteiger partial charge >= 0.3 is 5.97 Å². The standard InChI is InChI=1S/C13H14N2O4/c1-7-11(8-4-2-3-5-9(8)14-7)12(17)15-10(6-16)13(18)19/h2-5,10,14,16H,6H2,1H3,(H,15,17)(H,18,19)/t10-/m0/s1. The fourth-order valence-corrected chi connectivity index (χ4v) is 1.99. The molecule has 0 radical (unpaired) electrons. The number of hydrogen-bond donors (Lipinski definition) is 4. The Kier molecular flexibility index (Phi) is 3.52. The van der Waals surface area contributed by atoms with Gasteiger partial charge in [-0.05, 0) is 13.0 Å². The Labute approximate surface area is 109 Å². The first kappa shape index (κ1) is 13.1. The number of aromatic nitrogens is 1. The molecule has 0 bridgehead atoms. The zero-order chi connectivity index (χ0) is 14.0. The zero-order valence-electron chi connectivity index (χ0n) is 10.3. The van der Waals surface area contributed by atoms with Crippen molar-refractivity contribution in [1.82, 2.24) is 10.3 Å². The monoisotopic (exact) mass is 262 g/mol. The molecule has 0 saturated heterocycles. The maximum atomic E-state index is 12.1. The number of amides is 1. The molecule has 4 N–H and O–H groups in total. The van der Waals surface area contributed by atoms with Gasteiger partial charge < -0.3 is 20.5 Å². The molecule has 6 nitrogen and oxygen atoms in total. The van der Waals surface area contributed by atoms with Gasteiger partial charge in [0.05, 0.1) is 12.2 Å². The summed E-state index contributed by atoms with van der Waals surface area (Å²) in [6.07, 6.45) is 0. The Balaban J connectivity index is 2.36. The van der Waals surface area contributed by atoms with E-state index in [0.29, 0.717) is 11.3 Å². The van der Waals surface area contributed by atoms with Crippen LogP contribution in [-0.2, 0) is 4.79 Å². The third-order valence-electron chi connectivity index (χ3n) is 2.91. The number of hydrogen-bond acceptors (Lipinski definition) is 3. The second kappa shape index (κ2) is 5.11. The minimum absolute atomic E-state index is 0.398. The molecule has 0 spiro atoms. The average Bonchev–Trinajstić information content (AvgIpc) is 2.71. The zero-order valence-corrected chi connectivity index (χ0v) is 10.3. The van der Waals surface area contributed by atoms with Gasteiger partial charge in [0.1, 0.15) is 0 Å². The van der Waals surface area contributed by atoms with Gasteiger partial charge in [-0.15, -0.1) is 0 Å². The number of fused-ring (bicyclic) bond motifs is 1. The van der Waals surface area contributed by atoms with E-state index in [9.17, 15) is 9.59 Å². The van der Waals surface area contributed by atoms with Gasteiger partial charge in [0, 0.05) is 16.6 Å². The van der Waals surface area contributed by atoms with Gasteiger partial charge in [-0.1, -0.05) is 18.2 Å². The van der Waals surface area contributed by atoms with Crippen LogP contribution in [0.25, 0.3) is 10.9 Å². The van der Waals surface area contributed by atoms with Crippen LogP contribution in [-0.4, -0.2) is 39.7 Å². The normalized spacial score (nSPS) is 12.3. The number of rotatable bonds is 4. The predicted molar refractivity (Wildman–Crippen MR) is 69.0 cm³/mol. The largest absolute Gasteiger partial charge is 0.480 e. The molecule has 0 aliphatic carbocycles. The van der Waals surface area contributed by atoms with Crippen LogP contribution in [0.2, 0.25) is 0 Å².